The van der Waals surface area contributed by atoms with Crippen molar-refractivity contribution in [2.24, 2.45) is 0 Å². The molecule has 1 N–H and O–H groups in total. The monoisotopic (exact) mass is 582 g/mol. The molecule has 0 aliphatic heterocycles. The standard InChI is InChI=1S/C36H26N2O6/c1-20-16-27(17-20)44-25-12-6-22(7-13-25)36(2,3)21-4-10-24(11-5-21)43-26-14-8-23(9-15-26)38-34(41)30-18-28-29(19-31(30)35(38)42)33(40)37-32(28)39/h4-19H,1-3H3,(H,37,39,40). The predicted octanol–water partition coefficient (Wildman–Crippen LogP) is 5.77. The highest BCUT2D eigenvalue weighted by molar-refractivity contribution is 5.98. The number of benzene rings is 4. The molecule has 0 amide bonds. The maximum atomic E-state index is 13.1. The molecule has 0 saturated carbocycles. The Morgan fingerprint density at radius 2 is 1.02 bits per heavy atom. The molecule has 0 saturated heterocycles. The summed E-state index contributed by atoms with van der Waals surface area (Å²) >= 11 is 0. The van der Waals surface area contributed by atoms with Crippen molar-refractivity contribution in [3.63, 3.8) is 0 Å². The molecular weight excluding hydrogens is 556 g/mol. The zero-order chi connectivity index (χ0) is 30.7. The van der Waals surface area contributed by atoms with Gasteiger partial charge in [-0.25, -0.2) is 4.57 Å². The van der Waals surface area contributed by atoms with Gasteiger partial charge in [-0.05, 0) is 96.4 Å². The van der Waals surface area contributed by atoms with E-state index in [-0.39, 0.29) is 27.0 Å². The van der Waals surface area contributed by atoms with Crippen molar-refractivity contribution in [3.8, 4) is 22.9 Å². The second kappa shape index (κ2) is 9.91. The largest absolute Gasteiger partial charge is 0.457 e. The van der Waals surface area contributed by atoms with Crippen LogP contribution in [-0.4, -0.2) is 9.55 Å². The Kier molecular flexibility index (Phi) is 6.10. The van der Waals surface area contributed by atoms with Crippen LogP contribution in [0, 0.1) is 0 Å². The highest BCUT2D eigenvalue weighted by Gasteiger charge is 2.23. The van der Waals surface area contributed by atoms with Crippen LogP contribution in [0.3, 0.4) is 0 Å². The minimum Gasteiger partial charge on any atom is -0.457 e. The number of nitrogens with one attached hydrogen (secondary N) is 1. The van der Waals surface area contributed by atoms with E-state index in [2.05, 4.69) is 31.0 Å². The van der Waals surface area contributed by atoms with Crippen LogP contribution >= 0.6 is 0 Å². The zero-order valence-electron chi connectivity index (χ0n) is 24.1. The molecule has 7 rings (SSSR count). The van der Waals surface area contributed by atoms with Crippen LogP contribution < -0.4 is 31.7 Å². The first-order valence-corrected chi connectivity index (χ1v) is 14.1. The van der Waals surface area contributed by atoms with Crippen LogP contribution in [0.5, 0.6) is 17.2 Å². The second-order valence-electron chi connectivity index (χ2n) is 11.5. The van der Waals surface area contributed by atoms with Gasteiger partial charge in [0.2, 0.25) is 0 Å². The van der Waals surface area contributed by atoms with Crippen LogP contribution in [0.25, 0.3) is 27.2 Å². The quantitative estimate of drug-likeness (QED) is 0.256. The molecule has 8 nitrogen and oxygen atoms in total. The summed E-state index contributed by atoms with van der Waals surface area (Å²) in [5.41, 5.74) is 1.27. The van der Waals surface area contributed by atoms with Crippen LogP contribution in [0.1, 0.15) is 31.9 Å². The van der Waals surface area contributed by atoms with Gasteiger partial charge in [-0.15, -0.1) is 0 Å². The summed E-state index contributed by atoms with van der Waals surface area (Å²) in [6, 6.07) is 25.2. The molecule has 2 heterocycles. The molecule has 0 spiro atoms. The average molecular weight is 583 g/mol. The normalized spacial score (nSPS) is 13.1. The van der Waals surface area contributed by atoms with E-state index in [1.54, 1.807) is 24.3 Å². The minimum atomic E-state index is -0.584. The summed E-state index contributed by atoms with van der Waals surface area (Å²) in [6.07, 6.45) is 4.01. The topological polar surface area (TPSA) is 107 Å². The third-order valence-electron chi connectivity index (χ3n) is 8.20. The molecule has 2 aromatic heterocycles. The molecule has 6 aromatic rings. The summed E-state index contributed by atoms with van der Waals surface area (Å²) in [6.45, 7) is 6.36. The number of ether oxygens (including phenoxy) is 2. The number of rotatable bonds is 7. The van der Waals surface area contributed by atoms with Crippen LogP contribution in [0.15, 0.2) is 128 Å². The Balaban J connectivity index is 1.08. The molecule has 0 radical (unpaired) electrons. The third kappa shape index (κ3) is 4.48. The zero-order valence-corrected chi connectivity index (χ0v) is 24.1. The smallest absolute Gasteiger partial charge is 0.266 e. The van der Waals surface area contributed by atoms with Crippen molar-refractivity contribution in [1.29, 1.82) is 0 Å². The molecule has 1 aliphatic carbocycles. The van der Waals surface area contributed by atoms with E-state index >= 15 is 0 Å². The molecule has 8 heteroatoms. The van der Waals surface area contributed by atoms with Crippen molar-refractivity contribution < 1.29 is 9.47 Å². The molecule has 0 bridgehead atoms. The van der Waals surface area contributed by atoms with E-state index in [1.807, 2.05) is 55.5 Å². The Morgan fingerprint density at radius 1 is 0.591 bits per heavy atom. The van der Waals surface area contributed by atoms with E-state index in [0.717, 1.165) is 27.2 Å². The first-order valence-electron chi connectivity index (χ1n) is 14.1. The summed E-state index contributed by atoms with van der Waals surface area (Å²) in [4.78, 5) is 52.5. The lowest BCUT2D eigenvalue weighted by atomic mass is 9.78. The van der Waals surface area contributed by atoms with E-state index in [4.69, 9.17) is 9.47 Å². The fraction of sp³-hybridized carbons (Fsp3) is 0.111. The second-order valence-corrected chi connectivity index (χ2v) is 11.5. The van der Waals surface area contributed by atoms with Crippen LogP contribution in [0.2, 0.25) is 0 Å². The van der Waals surface area contributed by atoms with Crippen molar-refractivity contribution in [1.82, 2.24) is 9.55 Å². The van der Waals surface area contributed by atoms with Gasteiger partial charge >= 0.3 is 0 Å². The fourth-order valence-electron chi connectivity index (χ4n) is 5.61. The number of nitrogens with zero attached hydrogens (tertiary/aromatic N) is 1. The maximum Gasteiger partial charge on any atom is 0.266 e. The van der Waals surface area contributed by atoms with E-state index in [9.17, 15) is 19.2 Å². The maximum absolute atomic E-state index is 13.1. The van der Waals surface area contributed by atoms with Crippen molar-refractivity contribution in [2.75, 3.05) is 0 Å². The molecule has 1 aliphatic rings. The number of hydrogen-bond acceptors (Lipinski definition) is 6. The summed E-state index contributed by atoms with van der Waals surface area (Å²) in [5.74, 6) is 2.82. The average Bonchev–Trinajstić information content (AvgIpc) is 3.42. The van der Waals surface area contributed by atoms with Gasteiger partial charge in [0.05, 0.1) is 27.2 Å². The Bertz CT molecular complexity index is 2290. The first kappa shape index (κ1) is 27.1. The van der Waals surface area contributed by atoms with Crippen molar-refractivity contribution in [2.45, 2.75) is 26.2 Å². The molecule has 216 valence electrons. The number of H-pyrrole nitrogens is 1. The summed E-state index contributed by atoms with van der Waals surface area (Å²) < 4.78 is 12.9. The van der Waals surface area contributed by atoms with Gasteiger partial charge in [0, 0.05) is 5.41 Å². The number of aromatic amines is 1. The highest BCUT2D eigenvalue weighted by atomic mass is 16.5. The van der Waals surface area contributed by atoms with Gasteiger partial charge in [0.15, 0.2) is 0 Å². The molecule has 0 atom stereocenters. The highest BCUT2D eigenvalue weighted by Crippen LogP contribution is 2.34. The predicted molar refractivity (Wildman–Crippen MR) is 170 cm³/mol. The van der Waals surface area contributed by atoms with E-state index < -0.39 is 22.2 Å². The number of allylic oxidation sites excluding steroid dienone is 3. The van der Waals surface area contributed by atoms with E-state index in [0.29, 0.717) is 17.2 Å². The lowest BCUT2D eigenvalue weighted by molar-refractivity contribution is 0.437. The van der Waals surface area contributed by atoms with Crippen molar-refractivity contribution >= 4 is 21.5 Å². The molecule has 0 fully saturated rings. The van der Waals surface area contributed by atoms with E-state index in [1.165, 1.54) is 17.7 Å². The Labute approximate surface area is 250 Å². The minimum absolute atomic E-state index is 0.0880. The lowest BCUT2D eigenvalue weighted by Gasteiger charge is -2.26. The fourth-order valence-corrected chi connectivity index (χ4v) is 5.61. The van der Waals surface area contributed by atoms with Gasteiger partial charge in [0.25, 0.3) is 22.2 Å². The summed E-state index contributed by atoms with van der Waals surface area (Å²) in [5, 5.41) is 0.357. The number of hydrogen-bond donors (Lipinski definition) is 1. The lowest BCUT2D eigenvalue weighted by Crippen LogP contribution is -2.23. The van der Waals surface area contributed by atoms with Gasteiger partial charge in [-0.2, -0.15) is 0 Å². The molecule has 4 aromatic carbocycles. The first-order chi connectivity index (χ1) is 21.1. The van der Waals surface area contributed by atoms with Crippen LogP contribution in [0.4, 0.5) is 0 Å². The molecule has 0 unspecified atom stereocenters. The Hall–Kier alpha value is -5.76. The molecule has 44 heavy (non-hydrogen) atoms. The van der Waals surface area contributed by atoms with Crippen molar-refractivity contribution in [3.05, 3.63) is 161 Å². The van der Waals surface area contributed by atoms with Crippen LogP contribution in [-0.2, 0) is 5.41 Å². The SMILES string of the molecule is CC1=CC(Oc2ccc(C(C)(C)c3ccc(Oc4ccc(-n5c(=O)c6cc7c(=O)[nH]c(=O)c7cc6c5=O)cc4)cc3)cc2)=C1. The van der Waals surface area contributed by atoms with Gasteiger partial charge in [-0.3, -0.25) is 24.2 Å². The van der Waals surface area contributed by atoms with Gasteiger partial charge in [0.1, 0.15) is 23.0 Å². The number of aromatic nitrogens is 2. The van der Waals surface area contributed by atoms with Gasteiger partial charge in [-0.1, -0.05) is 38.1 Å². The molecular formula is C36H26N2O6. The number of fused-ring (bicyclic) bond motifs is 2. The van der Waals surface area contributed by atoms with Gasteiger partial charge < -0.3 is 9.47 Å². The summed E-state index contributed by atoms with van der Waals surface area (Å²) in [7, 11) is 0. The third-order valence-corrected chi connectivity index (χ3v) is 8.20. The Morgan fingerprint density at radius 3 is 1.48 bits per heavy atom.